The molecule has 0 N–H and O–H groups in total. The molecule has 0 radical (unpaired) electrons. The summed E-state index contributed by atoms with van der Waals surface area (Å²) in [5.41, 5.74) is 9.04. The molecule has 0 amide bonds. The monoisotopic (exact) mass is 329 g/mol. The molecule has 1 nitrogen and oxygen atoms in total. The van der Waals surface area contributed by atoms with E-state index in [2.05, 4.69) is 82.3 Å². The SMILES string of the molecule is Cc1ccc(-c2cc(CC(C)C)c(C)cn2)cc1Cc1ccccc1. The van der Waals surface area contributed by atoms with E-state index in [1.807, 2.05) is 6.20 Å². The highest BCUT2D eigenvalue weighted by Crippen LogP contribution is 2.25. The zero-order chi connectivity index (χ0) is 17.8. The summed E-state index contributed by atoms with van der Waals surface area (Å²) >= 11 is 0. The van der Waals surface area contributed by atoms with Gasteiger partial charge in [0.05, 0.1) is 5.69 Å². The minimum absolute atomic E-state index is 0.653. The van der Waals surface area contributed by atoms with Gasteiger partial charge in [-0.3, -0.25) is 4.98 Å². The number of benzene rings is 2. The largest absolute Gasteiger partial charge is 0.256 e. The molecule has 0 aliphatic rings. The highest BCUT2D eigenvalue weighted by Gasteiger charge is 2.08. The molecule has 0 aliphatic heterocycles. The Labute approximate surface area is 151 Å². The Bertz CT molecular complexity index is 847. The third-order valence-corrected chi connectivity index (χ3v) is 4.73. The van der Waals surface area contributed by atoms with Crippen molar-refractivity contribution < 1.29 is 0 Å². The topological polar surface area (TPSA) is 12.9 Å². The number of aryl methyl sites for hydroxylation is 2. The van der Waals surface area contributed by atoms with Crippen molar-refractivity contribution in [1.82, 2.24) is 4.98 Å². The van der Waals surface area contributed by atoms with Crippen LogP contribution in [0.3, 0.4) is 0 Å². The van der Waals surface area contributed by atoms with Crippen LogP contribution in [0.2, 0.25) is 0 Å². The first-order valence-electron chi connectivity index (χ1n) is 9.12. The Kier molecular flexibility index (Phi) is 5.33. The van der Waals surface area contributed by atoms with Gasteiger partial charge in [0.1, 0.15) is 0 Å². The molecule has 0 saturated carbocycles. The van der Waals surface area contributed by atoms with Gasteiger partial charge in [-0.05, 0) is 72.6 Å². The molecule has 25 heavy (non-hydrogen) atoms. The highest BCUT2D eigenvalue weighted by molar-refractivity contribution is 5.62. The van der Waals surface area contributed by atoms with E-state index in [9.17, 15) is 0 Å². The number of pyridine rings is 1. The van der Waals surface area contributed by atoms with Gasteiger partial charge in [-0.25, -0.2) is 0 Å². The van der Waals surface area contributed by atoms with E-state index >= 15 is 0 Å². The Morgan fingerprint density at radius 1 is 0.840 bits per heavy atom. The smallest absolute Gasteiger partial charge is 0.0705 e. The van der Waals surface area contributed by atoms with E-state index in [1.165, 1.54) is 33.4 Å². The van der Waals surface area contributed by atoms with E-state index in [0.717, 1.165) is 18.5 Å². The second-order valence-corrected chi connectivity index (χ2v) is 7.40. The third-order valence-electron chi connectivity index (χ3n) is 4.73. The van der Waals surface area contributed by atoms with Crippen LogP contribution in [0.1, 0.15) is 41.7 Å². The van der Waals surface area contributed by atoms with Crippen LogP contribution in [0.25, 0.3) is 11.3 Å². The second kappa shape index (κ2) is 7.65. The first kappa shape index (κ1) is 17.4. The van der Waals surface area contributed by atoms with Gasteiger partial charge < -0.3 is 0 Å². The van der Waals surface area contributed by atoms with Gasteiger partial charge in [0.15, 0.2) is 0 Å². The van der Waals surface area contributed by atoms with Gasteiger partial charge in [0, 0.05) is 11.8 Å². The molecule has 1 heterocycles. The molecule has 128 valence electrons. The standard InChI is InChI=1S/C24H27N/c1-17(2)12-22-15-24(25-16-19(22)4)21-11-10-18(3)23(14-21)13-20-8-6-5-7-9-20/h5-11,14-17H,12-13H2,1-4H3. The molecule has 3 aromatic rings. The predicted molar refractivity (Wildman–Crippen MR) is 107 cm³/mol. The fourth-order valence-electron chi connectivity index (χ4n) is 3.22. The fourth-order valence-corrected chi connectivity index (χ4v) is 3.22. The van der Waals surface area contributed by atoms with Gasteiger partial charge in [-0.2, -0.15) is 0 Å². The van der Waals surface area contributed by atoms with E-state index in [1.54, 1.807) is 0 Å². The molecule has 0 unspecified atom stereocenters. The average molecular weight is 329 g/mol. The van der Waals surface area contributed by atoms with Gasteiger partial charge in [-0.15, -0.1) is 0 Å². The predicted octanol–water partition coefficient (Wildman–Crippen LogP) is 6.15. The Morgan fingerprint density at radius 3 is 2.32 bits per heavy atom. The van der Waals surface area contributed by atoms with Gasteiger partial charge in [-0.1, -0.05) is 56.3 Å². The summed E-state index contributed by atoms with van der Waals surface area (Å²) in [6.07, 6.45) is 4.08. The maximum Gasteiger partial charge on any atom is 0.0705 e. The maximum absolute atomic E-state index is 4.69. The number of aromatic nitrogens is 1. The lowest BCUT2D eigenvalue weighted by Gasteiger charge is -2.12. The minimum atomic E-state index is 0.653. The molecule has 0 spiro atoms. The van der Waals surface area contributed by atoms with Crippen molar-refractivity contribution in [3.63, 3.8) is 0 Å². The molecule has 3 rings (SSSR count). The second-order valence-electron chi connectivity index (χ2n) is 7.40. The zero-order valence-corrected chi connectivity index (χ0v) is 15.7. The number of hydrogen-bond donors (Lipinski definition) is 0. The molecule has 1 aromatic heterocycles. The van der Waals surface area contributed by atoms with Crippen LogP contribution in [-0.2, 0) is 12.8 Å². The van der Waals surface area contributed by atoms with Crippen molar-refractivity contribution in [3.8, 4) is 11.3 Å². The van der Waals surface area contributed by atoms with Crippen molar-refractivity contribution in [2.24, 2.45) is 5.92 Å². The zero-order valence-electron chi connectivity index (χ0n) is 15.7. The lowest BCUT2D eigenvalue weighted by Crippen LogP contribution is -1.99. The van der Waals surface area contributed by atoms with Crippen molar-refractivity contribution in [2.75, 3.05) is 0 Å². The third kappa shape index (κ3) is 4.36. The molecular formula is C24H27N. The van der Waals surface area contributed by atoms with Crippen LogP contribution in [0.15, 0.2) is 60.8 Å². The minimum Gasteiger partial charge on any atom is -0.256 e. The summed E-state index contributed by atoms with van der Waals surface area (Å²) in [5.74, 6) is 0.653. The van der Waals surface area contributed by atoms with Crippen LogP contribution in [0.4, 0.5) is 0 Å². The molecule has 1 heteroatoms. The summed E-state index contributed by atoms with van der Waals surface area (Å²) < 4.78 is 0. The van der Waals surface area contributed by atoms with Crippen molar-refractivity contribution in [2.45, 2.75) is 40.5 Å². The Hall–Kier alpha value is -2.41. The van der Waals surface area contributed by atoms with Crippen molar-refractivity contribution in [1.29, 1.82) is 0 Å². The average Bonchev–Trinajstić information content (AvgIpc) is 2.59. The quantitative estimate of drug-likeness (QED) is 0.546. The van der Waals surface area contributed by atoms with E-state index in [4.69, 9.17) is 4.98 Å². The molecule has 0 fully saturated rings. The number of rotatable bonds is 5. The summed E-state index contributed by atoms with van der Waals surface area (Å²) in [5, 5.41) is 0. The van der Waals surface area contributed by atoms with E-state index in [0.29, 0.717) is 5.92 Å². The normalized spacial score (nSPS) is 11.1. The molecule has 0 saturated heterocycles. The van der Waals surface area contributed by atoms with Crippen LogP contribution >= 0.6 is 0 Å². The fraction of sp³-hybridized carbons (Fsp3) is 0.292. The Morgan fingerprint density at radius 2 is 1.60 bits per heavy atom. The van der Waals surface area contributed by atoms with Crippen molar-refractivity contribution in [3.05, 3.63) is 88.6 Å². The van der Waals surface area contributed by atoms with Gasteiger partial charge >= 0.3 is 0 Å². The van der Waals surface area contributed by atoms with Crippen LogP contribution < -0.4 is 0 Å². The summed E-state index contributed by atoms with van der Waals surface area (Å²) in [6.45, 7) is 8.88. The highest BCUT2D eigenvalue weighted by atomic mass is 14.7. The molecule has 2 aromatic carbocycles. The summed E-state index contributed by atoms with van der Waals surface area (Å²) in [7, 11) is 0. The lowest BCUT2D eigenvalue weighted by atomic mass is 9.95. The van der Waals surface area contributed by atoms with Gasteiger partial charge in [0.2, 0.25) is 0 Å². The van der Waals surface area contributed by atoms with Crippen LogP contribution in [-0.4, -0.2) is 4.98 Å². The van der Waals surface area contributed by atoms with E-state index < -0.39 is 0 Å². The van der Waals surface area contributed by atoms with Gasteiger partial charge in [0.25, 0.3) is 0 Å². The van der Waals surface area contributed by atoms with Crippen LogP contribution in [0.5, 0.6) is 0 Å². The molecule has 0 aliphatic carbocycles. The summed E-state index contributed by atoms with van der Waals surface area (Å²) in [6, 6.07) is 19.7. The molecule has 0 atom stereocenters. The maximum atomic E-state index is 4.69. The van der Waals surface area contributed by atoms with E-state index in [-0.39, 0.29) is 0 Å². The molecule has 0 bridgehead atoms. The molecular weight excluding hydrogens is 302 g/mol. The van der Waals surface area contributed by atoms with Crippen molar-refractivity contribution >= 4 is 0 Å². The number of nitrogens with zero attached hydrogens (tertiary/aromatic N) is 1. The first-order valence-corrected chi connectivity index (χ1v) is 9.12. The summed E-state index contributed by atoms with van der Waals surface area (Å²) in [4.78, 5) is 4.69. The first-order chi connectivity index (χ1) is 12.0. The number of hydrogen-bond acceptors (Lipinski definition) is 1. The van der Waals surface area contributed by atoms with Crippen LogP contribution in [0, 0.1) is 19.8 Å². The Balaban J connectivity index is 1.94. The lowest BCUT2D eigenvalue weighted by molar-refractivity contribution is 0.644.